The molecule has 0 aromatic carbocycles. The number of anilines is 1. The van der Waals surface area contributed by atoms with Gasteiger partial charge in [0.1, 0.15) is 0 Å². The predicted molar refractivity (Wildman–Crippen MR) is 70.6 cm³/mol. The molecule has 1 aromatic heterocycles. The van der Waals surface area contributed by atoms with E-state index >= 15 is 0 Å². The molecular formula is C10H21N5O2S. The zero-order chi connectivity index (χ0) is 13.9. The zero-order valence-corrected chi connectivity index (χ0v) is 12.0. The summed E-state index contributed by atoms with van der Waals surface area (Å²) in [7, 11) is 1.87. The van der Waals surface area contributed by atoms with Crippen molar-refractivity contribution in [2.45, 2.75) is 24.4 Å². The molecule has 0 radical (unpaired) electrons. The van der Waals surface area contributed by atoms with E-state index in [1.54, 1.807) is 7.05 Å². The van der Waals surface area contributed by atoms with Gasteiger partial charge in [-0.2, -0.15) is 0 Å². The van der Waals surface area contributed by atoms with Gasteiger partial charge in [-0.1, -0.05) is 0 Å². The number of nitrogens with one attached hydrogen (secondary N) is 1. The first-order valence-corrected chi connectivity index (χ1v) is 7.16. The number of hydrogen-bond donors (Lipinski definition) is 2. The van der Waals surface area contributed by atoms with E-state index < -0.39 is 10.0 Å². The van der Waals surface area contributed by atoms with E-state index in [1.807, 2.05) is 25.9 Å². The number of imidazole rings is 1. The Morgan fingerprint density at radius 3 is 2.61 bits per heavy atom. The lowest BCUT2D eigenvalue weighted by molar-refractivity contribution is 0.378. The molecule has 0 fully saturated rings. The molecule has 0 amide bonds. The Bertz CT molecular complexity index is 475. The van der Waals surface area contributed by atoms with Crippen molar-refractivity contribution in [3.63, 3.8) is 0 Å². The van der Waals surface area contributed by atoms with Crippen LogP contribution in [-0.2, 0) is 17.1 Å². The van der Waals surface area contributed by atoms with Crippen LogP contribution < -0.4 is 10.5 Å². The molecule has 18 heavy (non-hydrogen) atoms. The lowest BCUT2D eigenvalue weighted by atomic mass is 10.2. The highest BCUT2D eigenvalue weighted by molar-refractivity contribution is 7.89. The molecule has 0 spiro atoms. The van der Waals surface area contributed by atoms with Crippen LogP contribution >= 0.6 is 0 Å². The molecule has 0 saturated carbocycles. The second-order valence-electron chi connectivity index (χ2n) is 4.66. The standard InChI is InChI=1S/C10H21N5O2S/c1-8(5-6-14(2)3)13-18(16,17)10-9(11)12-7-15(10)4/h7-8,13H,5-6,11H2,1-4H3. The number of nitrogen functional groups attached to an aromatic ring is 1. The summed E-state index contributed by atoms with van der Waals surface area (Å²) in [5.74, 6) is 0.0183. The Morgan fingerprint density at radius 2 is 2.17 bits per heavy atom. The highest BCUT2D eigenvalue weighted by Crippen LogP contribution is 2.15. The highest BCUT2D eigenvalue weighted by Gasteiger charge is 2.24. The van der Waals surface area contributed by atoms with Gasteiger partial charge in [-0.3, -0.25) is 0 Å². The number of nitrogens with zero attached hydrogens (tertiary/aromatic N) is 3. The van der Waals surface area contributed by atoms with Gasteiger partial charge in [-0.05, 0) is 34.0 Å². The molecule has 1 unspecified atom stereocenters. The molecule has 1 rings (SSSR count). The van der Waals surface area contributed by atoms with Gasteiger partial charge in [0, 0.05) is 13.1 Å². The number of aromatic nitrogens is 2. The summed E-state index contributed by atoms with van der Waals surface area (Å²) in [6.07, 6.45) is 2.11. The zero-order valence-electron chi connectivity index (χ0n) is 11.2. The van der Waals surface area contributed by atoms with Crippen molar-refractivity contribution >= 4 is 15.8 Å². The molecule has 0 saturated heterocycles. The lowest BCUT2D eigenvalue weighted by Gasteiger charge is -2.17. The summed E-state index contributed by atoms with van der Waals surface area (Å²) in [4.78, 5) is 5.78. The van der Waals surface area contributed by atoms with Gasteiger partial charge < -0.3 is 15.2 Å². The smallest absolute Gasteiger partial charge is 0.260 e. The maximum absolute atomic E-state index is 12.1. The SMILES string of the molecule is CC(CCN(C)C)NS(=O)(=O)c1c(N)ncn1C. The molecule has 8 heteroatoms. The summed E-state index contributed by atoms with van der Waals surface area (Å²) in [5, 5.41) is 0.0132. The number of aryl methyl sites for hydroxylation is 1. The second-order valence-corrected chi connectivity index (χ2v) is 6.29. The Morgan fingerprint density at radius 1 is 1.56 bits per heavy atom. The van der Waals surface area contributed by atoms with Crippen LogP contribution in [0.25, 0.3) is 0 Å². The first-order valence-electron chi connectivity index (χ1n) is 5.68. The van der Waals surface area contributed by atoms with E-state index in [0.717, 1.165) is 13.0 Å². The minimum atomic E-state index is -3.62. The molecule has 0 aliphatic rings. The van der Waals surface area contributed by atoms with E-state index in [-0.39, 0.29) is 16.9 Å². The average molecular weight is 275 g/mol. The topological polar surface area (TPSA) is 93.2 Å². The Hall–Kier alpha value is -1.12. The fraction of sp³-hybridized carbons (Fsp3) is 0.700. The Labute approximate surface area is 108 Å². The largest absolute Gasteiger partial charge is 0.381 e. The first-order chi connectivity index (χ1) is 8.24. The monoisotopic (exact) mass is 275 g/mol. The summed E-state index contributed by atoms with van der Waals surface area (Å²) < 4.78 is 28.2. The molecule has 0 bridgehead atoms. The predicted octanol–water partition coefficient (Wildman–Crippen LogP) is -0.379. The van der Waals surface area contributed by atoms with Crippen LogP contribution in [0.3, 0.4) is 0 Å². The van der Waals surface area contributed by atoms with Gasteiger partial charge in [0.2, 0.25) is 0 Å². The molecule has 1 atom stereocenters. The fourth-order valence-corrected chi connectivity index (χ4v) is 3.11. The van der Waals surface area contributed by atoms with Crippen molar-refractivity contribution in [3.8, 4) is 0 Å². The van der Waals surface area contributed by atoms with Crippen LogP contribution in [0, 0.1) is 0 Å². The quantitative estimate of drug-likeness (QED) is 0.738. The van der Waals surface area contributed by atoms with Crippen molar-refractivity contribution in [1.82, 2.24) is 19.2 Å². The van der Waals surface area contributed by atoms with Gasteiger partial charge >= 0.3 is 0 Å². The molecule has 0 aliphatic heterocycles. The van der Waals surface area contributed by atoms with Gasteiger partial charge in [0.05, 0.1) is 6.33 Å². The van der Waals surface area contributed by atoms with Crippen molar-refractivity contribution in [3.05, 3.63) is 6.33 Å². The highest BCUT2D eigenvalue weighted by atomic mass is 32.2. The van der Waals surface area contributed by atoms with E-state index in [9.17, 15) is 8.42 Å². The van der Waals surface area contributed by atoms with Crippen molar-refractivity contribution < 1.29 is 8.42 Å². The van der Waals surface area contributed by atoms with E-state index in [0.29, 0.717) is 0 Å². The van der Waals surface area contributed by atoms with Gasteiger partial charge in [0.25, 0.3) is 10.0 Å². The molecule has 7 nitrogen and oxygen atoms in total. The third-order valence-electron chi connectivity index (χ3n) is 2.53. The molecular weight excluding hydrogens is 254 g/mol. The molecule has 0 aliphatic carbocycles. The van der Waals surface area contributed by atoms with Crippen molar-refractivity contribution in [2.24, 2.45) is 7.05 Å². The summed E-state index contributed by atoms with van der Waals surface area (Å²) in [5.41, 5.74) is 5.57. The van der Waals surface area contributed by atoms with Crippen LogP contribution in [-0.4, -0.2) is 49.6 Å². The van der Waals surface area contributed by atoms with Crippen LogP contribution in [0.2, 0.25) is 0 Å². The third-order valence-corrected chi connectivity index (χ3v) is 4.25. The normalized spacial score (nSPS) is 14.1. The maximum Gasteiger partial charge on any atom is 0.260 e. The fourth-order valence-electron chi connectivity index (χ4n) is 1.60. The van der Waals surface area contributed by atoms with Crippen LogP contribution in [0.4, 0.5) is 5.82 Å². The Balaban J connectivity index is 2.77. The van der Waals surface area contributed by atoms with Gasteiger partial charge in [0.15, 0.2) is 10.8 Å². The Kier molecular flexibility index (Phi) is 4.71. The second kappa shape index (κ2) is 5.68. The molecule has 104 valence electrons. The number of rotatable bonds is 6. The number of sulfonamides is 1. The maximum atomic E-state index is 12.1. The van der Waals surface area contributed by atoms with E-state index in [4.69, 9.17) is 5.73 Å². The van der Waals surface area contributed by atoms with Crippen LogP contribution in [0.1, 0.15) is 13.3 Å². The van der Waals surface area contributed by atoms with Crippen molar-refractivity contribution in [1.29, 1.82) is 0 Å². The summed E-state index contributed by atoms with van der Waals surface area (Å²) >= 11 is 0. The molecule has 1 aromatic rings. The first kappa shape index (κ1) is 14.9. The summed E-state index contributed by atoms with van der Waals surface area (Å²) in [6.45, 7) is 2.64. The van der Waals surface area contributed by atoms with E-state index in [2.05, 4.69) is 9.71 Å². The summed E-state index contributed by atoms with van der Waals surface area (Å²) in [6, 6.07) is -0.160. The molecule has 3 N–H and O–H groups in total. The number of nitrogens with two attached hydrogens (primary N) is 1. The van der Waals surface area contributed by atoms with Gasteiger partial charge in [-0.25, -0.2) is 18.1 Å². The average Bonchev–Trinajstić information content (AvgIpc) is 2.55. The molecule has 1 heterocycles. The third kappa shape index (κ3) is 3.69. The minimum Gasteiger partial charge on any atom is -0.381 e. The van der Waals surface area contributed by atoms with Crippen LogP contribution in [0.15, 0.2) is 11.4 Å². The lowest BCUT2D eigenvalue weighted by Crippen LogP contribution is -2.35. The number of hydrogen-bond acceptors (Lipinski definition) is 5. The van der Waals surface area contributed by atoms with Gasteiger partial charge in [-0.15, -0.1) is 0 Å². The van der Waals surface area contributed by atoms with Crippen molar-refractivity contribution in [2.75, 3.05) is 26.4 Å². The van der Waals surface area contributed by atoms with Crippen LogP contribution in [0.5, 0.6) is 0 Å². The van der Waals surface area contributed by atoms with E-state index in [1.165, 1.54) is 10.9 Å². The minimum absolute atomic E-state index is 0.0132.